The molecule has 0 radical (unpaired) electrons. The predicted octanol–water partition coefficient (Wildman–Crippen LogP) is 4.01. The Labute approximate surface area is 126 Å². The van der Waals surface area contributed by atoms with Crippen LogP contribution in [0.5, 0.6) is 0 Å². The molecule has 2 aliphatic rings. The lowest BCUT2D eigenvalue weighted by Gasteiger charge is -2.41. The van der Waals surface area contributed by atoms with E-state index in [9.17, 15) is 0 Å². The largest absolute Gasteiger partial charge is 0.306 e. The minimum atomic E-state index is 0.374. The number of nitrogens with zero attached hydrogens (tertiary/aromatic N) is 2. The Balaban J connectivity index is 1.57. The fourth-order valence-corrected chi connectivity index (χ4v) is 3.94. The van der Waals surface area contributed by atoms with Crippen molar-refractivity contribution in [3.8, 4) is 0 Å². The average molecular weight is 280 g/mol. The normalized spacial score (nSPS) is 25.2. The van der Waals surface area contributed by atoms with Gasteiger partial charge in [-0.15, -0.1) is 0 Å². The van der Waals surface area contributed by atoms with Crippen LogP contribution in [0.2, 0.25) is 0 Å². The summed E-state index contributed by atoms with van der Waals surface area (Å²) in [4.78, 5) is 5.15. The molecule has 20 heavy (non-hydrogen) atoms. The van der Waals surface area contributed by atoms with Gasteiger partial charge in [-0.3, -0.25) is 4.90 Å². The molecule has 0 spiro atoms. The van der Waals surface area contributed by atoms with Crippen LogP contribution < -0.4 is 0 Å². The van der Waals surface area contributed by atoms with Crippen molar-refractivity contribution >= 4 is 0 Å². The molecule has 2 heteroatoms. The number of piperidine rings is 2. The number of hydrogen-bond donors (Lipinski definition) is 0. The van der Waals surface area contributed by atoms with Crippen LogP contribution in [-0.2, 0) is 0 Å². The first kappa shape index (κ1) is 16.3. The third-order valence-corrected chi connectivity index (χ3v) is 5.63. The summed E-state index contributed by atoms with van der Waals surface area (Å²) in [7, 11) is 2.26. The Morgan fingerprint density at radius 3 is 1.70 bits per heavy atom. The monoisotopic (exact) mass is 280 g/mol. The molecular formula is C18H36N2. The van der Waals surface area contributed by atoms with Gasteiger partial charge in [-0.1, -0.05) is 19.3 Å². The van der Waals surface area contributed by atoms with Crippen LogP contribution >= 0.6 is 0 Å². The maximum Gasteiger partial charge on any atom is 0.0125 e. The van der Waals surface area contributed by atoms with Crippen molar-refractivity contribution < 1.29 is 0 Å². The highest BCUT2D eigenvalue weighted by atomic mass is 15.2. The quantitative estimate of drug-likeness (QED) is 0.768. The molecule has 0 saturated carbocycles. The fourth-order valence-electron chi connectivity index (χ4n) is 3.94. The van der Waals surface area contributed by atoms with Crippen molar-refractivity contribution in [2.24, 2.45) is 11.8 Å². The number of hydrogen-bond acceptors (Lipinski definition) is 2. The minimum Gasteiger partial charge on any atom is -0.306 e. The van der Waals surface area contributed by atoms with Crippen molar-refractivity contribution in [3.05, 3.63) is 0 Å². The summed E-state index contributed by atoms with van der Waals surface area (Å²) >= 11 is 0. The number of rotatable bonds is 4. The molecule has 2 fully saturated rings. The molecule has 2 saturated heterocycles. The lowest BCUT2D eigenvalue weighted by atomic mass is 9.86. The molecule has 0 aromatic carbocycles. The van der Waals surface area contributed by atoms with Gasteiger partial charge < -0.3 is 4.90 Å². The Kier molecular flexibility index (Phi) is 5.92. The second-order valence-electron chi connectivity index (χ2n) is 8.28. The van der Waals surface area contributed by atoms with Crippen molar-refractivity contribution in [3.63, 3.8) is 0 Å². The Hall–Kier alpha value is -0.0800. The van der Waals surface area contributed by atoms with E-state index in [0.29, 0.717) is 5.54 Å². The van der Waals surface area contributed by atoms with E-state index < -0.39 is 0 Å². The highest BCUT2D eigenvalue weighted by Gasteiger charge is 2.26. The van der Waals surface area contributed by atoms with Crippen LogP contribution in [0.4, 0.5) is 0 Å². The lowest BCUT2D eigenvalue weighted by Crippen LogP contribution is -2.46. The third kappa shape index (κ3) is 5.04. The smallest absolute Gasteiger partial charge is 0.0125 e. The molecular weight excluding hydrogens is 244 g/mol. The molecule has 118 valence electrons. The van der Waals surface area contributed by atoms with Gasteiger partial charge in [-0.25, -0.2) is 0 Å². The van der Waals surface area contributed by atoms with Gasteiger partial charge in [-0.05, 0) is 91.5 Å². The highest BCUT2D eigenvalue weighted by molar-refractivity contribution is 4.82. The average Bonchev–Trinajstić information content (AvgIpc) is 2.41. The van der Waals surface area contributed by atoms with Gasteiger partial charge >= 0.3 is 0 Å². The van der Waals surface area contributed by atoms with E-state index in [0.717, 1.165) is 11.8 Å². The van der Waals surface area contributed by atoms with Gasteiger partial charge in [0.25, 0.3) is 0 Å². The molecule has 0 unspecified atom stereocenters. The first-order valence-electron chi connectivity index (χ1n) is 8.89. The van der Waals surface area contributed by atoms with Crippen molar-refractivity contribution in [2.75, 3.05) is 33.2 Å². The first-order chi connectivity index (χ1) is 9.45. The summed E-state index contributed by atoms with van der Waals surface area (Å²) in [5, 5.41) is 0. The van der Waals surface area contributed by atoms with E-state index in [1.165, 1.54) is 71.1 Å². The third-order valence-electron chi connectivity index (χ3n) is 5.63. The summed E-state index contributed by atoms with van der Waals surface area (Å²) in [6.07, 6.45) is 10.2. The molecule has 2 aliphatic heterocycles. The molecule has 2 nitrogen and oxygen atoms in total. The van der Waals surface area contributed by atoms with E-state index in [-0.39, 0.29) is 0 Å². The Morgan fingerprint density at radius 1 is 0.800 bits per heavy atom. The van der Waals surface area contributed by atoms with Gasteiger partial charge in [-0.2, -0.15) is 0 Å². The molecule has 0 N–H and O–H groups in total. The Morgan fingerprint density at radius 2 is 1.25 bits per heavy atom. The van der Waals surface area contributed by atoms with Gasteiger partial charge in [0.15, 0.2) is 0 Å². The van der Waals surface area contributed by atoms with Crippen molar-refractivity contribution in [1.82, 2.24) is 9.80 Å². The van der Waals surface area contributed by atoms with Crippen LogP contribution in [0.3, 0.4) is 0 Å². The molecule has 0 aromatic rings. The second-order valence-corrected chi connectivity index (χ2v) is 8.28. The van der Waals surface area contributed by atoms with Gasteiger partial charge in [0.2, 0.25) is 0 Å². The van der Waals surface area contributed by atoms with Crippen LogP contribution in [0.1, 0.15) is 65.7 Å². The predicted molar refractivity (Wildman–Crippen MR) is 88.1 cm³/mol. The molecule has 0 aliphatic carbocycles. The standard InChI is InChI=1S/C18H36N2/c1-18(2,3)20-14-10-17(11-15-20)7-5-6-16-8-12-19(4)13-9-16/h16-17H,5-15H2,1-4H3. The van der Waals surface area contributed by atoms with Crippen LogP contribution in [0, 0.1) is 11.8 Å². The molecule has 0 aromatic heterocycles. The van der Waals surface area contributed by atoms with E-state index in [1.807, 2.05) is 0 Å². The van der Waals surface area contributed by atoms with E-state index >= 15 is 0 Å². The van der Waals surface area contributed by atoms with E-state index in [2.05, 4.69) is 37.6 Å². The maximum atomic E-state index is 2.67. The van der Waals surface area contributed by atoms with Crippen LogP contribution in [0.15, 0.2) is 0 Å². The summed E-state index contributed by atoms with van der Waals surface area (Å²) in [5.74, 6) is 2.04. The topological polar surface area (TPSA) is 6.48 Å². The molecule has 0 bridgehead atoms. The zero-order chi connectivity index (χ0) is 14.6. The van der Waals surface area contributed by atoms with E-state index in [4.69, 9.17) is 0 Å². The van der Waals surface area contributed by atoms with Gasteiger partial charge in [0.05, 0.1) is 0 Å². The second kappa shape index (κ2) is 7.26. The van der Waals surface area contributed by atoms with Crippen molar-refractivity contribution in [2.45, 2.75) is 71.3 Å². The fraction of sp³-hybridized carbons (Fsp3) is 1.00. The Bertz CT molecular complexity index is 266. The summed E-state index contributed by atoms with van der Waals surface area (Å²) in [6, 6.07) is 0. The number of likely N-dealkylation sites (tertiary alicyclic amines) is 2. The first-order valence-corrected chi connectivity index (χ1v) is 8.89. The molecule has 2 rings (SSSR count). The van der Waals surface area contributed by atoms with E-state index in [1.54, 1.807) is 0 Å². The lowest BCUT2D eigenvalue weighted by molar-refractivity contribution is 0.0839. The minimum absolute atomic E-state index is 0.374. The van der Waals surface area contributed by atoms with Gasteiger partial charge in [0.1, 0.15) is 0 Å². The molecule has 2 heterocycles. The van der Waals surface area contributed by atoms with Crippen LogP contribution in [0.25, 0.3) is 0 Å². The SMILES string of the molecule is CN1CCC(CCCC2CCN(C(C)(C)C)CC2)CC1. The summed E-state index contributed by atoms with van der Waals surface area (Å²) in [6.45, 7) is 12.4. The highest BCUT2D eigenvalue weighted by Crippen LogP contribution is 2.29. The maximum absolute atomic E-state index is 2.67. The van der Waals surface area contributed by atoms with Gasteiger partial charge in [0, 0.05) is 5.54 Å². The van der Waals surface area contributed by atoms with Crippen molar-refractivity contribution in [1.29, 1.82) is 0 Å². The summed E-state index contributed by atoms with van der Waals surface area (Å²) in [5.41, 5.74) is 0.374. The molecule has 0 atom stereocenters. The zero-order valence-corrected chi connectivity index (χ0v) is 14.3. The molecule has 0 amide bonds. The van der Waals surface area contributed by atoms with Crippen LogP contribution in [-0.4, -0.2) is 48.6 Å². The summed E-state index contributed by atoms with van der Waals surface area (Å²) < 4.78 is 0. The zero-order valence-electron chi connectivity index (χ0n) is 14.3.